The van der Waals surface area contributed by atoms with Gasteiger partial charge >= 0.3 is 12.0 Å². The molecule has 0 bridgehead atoms. The van der Waals surface area contributed by atoms with Crippen LogP contribution in [0.25, 0.3) is 0 Å². The van der Waals surface area contributed by atoms with Gasteiger partial charge in [0.15, 0.2) is 5.13 Å². The van der Waals surface area contributed by atoms with Crippen molar-refractivity contribution in [3.05, 3.63) is 11.6 Å². The topological polar surface area (TPSA) is 80.3 Å². The molecular formula is C10H15N3O3S. The van der Waals surface area contributed by atoms with E-state index in [2.05, 4.69) is 15.6 Å². The van der Waals surface area contributed by atoms with Gasteiger partial charge in [-0.05, 0) is 13.8 Å². The lowest BCUT2D eigenvalue weighted by atomic mass is 10.4. The number of esters is 1. The van der Waals surface area contributed by atoms with Gasteiger partial charge in [-0.25, -0.2) is 9.78 Å². The minimum absolute atomic E-state index is 0.133. The lowest BCUT2D eigenvalue weighted by Gasteiger charge is -2.08. The number of amides is 2. The van der Waals surface area contributed by atoms with Crippen LogP contribution in [0.1, 0.15) is 20.3 Å². The fourth-order valence-corrected chi connectivity index (χ4v) is 1.55. The Morgan fingerprint density at radius 1 is 1.53 bits per heavy atom. The summed E-state index contributed by atoms with van der Waals surface area (Å²) in [6, 6.07) is -0.378. The van der Waals surface area contributed by atoms with Crippen molar-refractivity contribution in [2.75, 3.05) is 11.9 Å². The smallest absolute Gasteiger partial charge is 0.321 e. The fraction of sp³-hybridized carbons (Fsp3) is 0.500. The van der Waals surface area contributed by atoms with Gasteiger partial charge in [0.2, 0.25) is 0 Å². The number of urea groups is 1. The van der Waals surface area contributed by atoms with Crippen LogP contribution in [0.3, 0.4) is 0 Å². The van der Waals surface area contributed by atoms with Crippen molar-refractivity contribution in [3.8, 4) is 0 Å². The second-order valence-corrected chi connectivity index (χ2v) is 4.40. The predicted molar refractivity (Wildman–Crippen MR) is 65.0 cm³/mol. The van der Waals surface area contributed by atoms with Gasteiger partial charge < -0.3 is 10.1 Å². The van der Waals surface area contributed by atoms with Crippen LogP contribution in [-0.4, -0.2) is 29.6 Å². The molecule has 94 valence electrons. The summed E-state index contributed by atoms with van der Waals surface area (Å²) in [4.78, 5) is 26.3. The Morgan fingerprint density at radius 2 is 2.29 bits per heavy atom. The van der Waals surface area contributed by atoms with Crippen molar-refractivity contribution < 1.29 is 14.3 Å². The summed E-state index contributed by atoms with van der Waals surface area (Å²) < 4.78 is 4.92. The molecule has 2 amide bonds. The van der Waals surface area contributed by atoms with Crippen LogP contribution >= 0.6 is 11.3 Å². The Morgan fingerprint density at radius 3 is 2.88 bits per heavy atom. The molecule has 17 heavy (non-hydrogen) atoms. The van der Waals surface area contributed by atoms with Crippen LogP contribution in [0.5, 0.6) is 0 Å². The summed E-state index contributed by atoms with van der Waals surface area (Å²) >= 11 is 1.32. The predicted octanol–water partition coefficient (Wildman–Crippen LogP) is 1.61. The molecule has 0 aliphatic carbocycles. The maximum Gasteiger partial charge on any atom is 0.321 e. The average molecular weight is 257 g/mol. The molecule has 0 radical (unpaired) electrons. The van der Waals surface area contributed by atoms with E-state index in [0.29, 0.717) is 5.13 Å². The van der Waals surface area contributed by atoms with E-state index in [1.165, 1.54) is 11.3 Å². The molecule has 0 atom stereocenters. The Kier molecular flexibility index (Phi) is 5.41. The van der Waals surface area contributed by atoms with Crippen molar-refractivity contribution in [2.45, 2.75) is 26.4 Å². The van der Waals surface area contributed by atoms with Gasteiger partial charge in [-0.1, -0.05) is 0 Å². The molecule has 1 heterocycles. The maximum atomic E-state index is 11.3. The largest absolute Gasteiger partial charge is 0.463 e. The zero-order chi connectivity index (χ0) is 12.7. The van der Waals surface area contributed by atoms with Gasteiger partial charge in [0.05, 0.1) is 12.5 Å². The summed E-state index contributed by atoms with van der Waals surface area (Å²) in [5.74, 6) is -0.324. The highest BCUT2D eigenvalue weighted by molar-refractivity contribution is 7.13. The molecule has 2 N–H and O–H groups in total. The number of ether oxygens (including phenoxy) is 1. The van der Waals surface area contributed by atoms with Crippen molar-refractivity contribution in [3.63, 3.8) is 0 Å². The van der Waals surface area contributed by atoms with Crippen LogP contribution in [0.4, 0.5) is 9.93 Å². The number of hydrogen-bond acceptors (Lipinski definition) is 5. The third-order valence-corrected chi connectivity index (χ3v) is 2.32. The Bertz CT molecular complexity index is 365. The molecule has 0 aromatic carbocycles. The van der Waals surface area contributed by atoms with Crippen LogP contribution < -0.4 is 10.6 Å². The van der Waals surface area contributed by atoms with Crippen molar-refractivity contribution in [1.29, 1.82) is 0 Å². The van der Waals surface area contributed by atoms with E-state index in [1.54, 1.807) is 25.4 Å². The first kappa shape index (κ1) is 13.4. The standard InChI is InChI=1S/C10H15N3O3S/c1-7(2)16-8(14)3-4-11-9(15)13-10-12-5-6-17-10/h5-7H,3-4H2,1-2H3,(H2,11,12,13,15). The second-order valence-electron chi connectivity index (χ2n) is 3.51. The van der Waals surface area contributed by atoms with E-state index in [4.69, 9.17) is 4.74 Å². The first-order valence-electron chi connectivity index (χ1n) is 5.21. The Balaban J connectivity index is 2.14. The molecule has 6 nitrogen and oxygen atoms in total. The lowest BCUT2D eigenvalue weighted by Crippen LogP contribution is -2.31. The second kappa shape index (κ2) is 6.85. The third-order valence-electron chi connectivity index (χ3n) is 1.63. The summed E-state index contributed by atoms with van der Waals surface area (Å²) in [7, 11) is 0. The average Bonchev–Trinajstić information content (AvgIpc) is 2.69. The van der Waals surface area contributed by atoms with Gasteiger partial charge in [-0.2, -0.15) is 0 Å². The summed E-state index contributed by atoms with van der Waals surface area (Å²) in [5, 5.41) is 7.36. The zero-order valence-electron chi connectivity index (χ0n) is 9.73. The third kappa shape index (κ3) is 5.86. The van der Waals surface area contributed by atoms with E-state index in [1.807, 2.05) is 0 Å². The molecule has 0 aliphatic heterocycles. The summed E-state index contributed by atoms with van der Waals surface area (Å²) in [5.41, 5.74) is 0. The Hall–Kier alpha value is -1.63. The van der Waals surface area contributed by atoms with Crippen molar-refractivity contribution >= 4 is 28.5 Å². The highest BCUT2D eigenvalue weighted by atomic mass is 32.1. The molecule has 0 saturated heterocycles. The number of carbonyl (C=O) groups excluding carboxylic acids is 2. The normalized spacial score (nSPS) is 10.1. The molecule has 1 rings (SSSR count). The van der Waals surface area contributed by atoms with E-state index in [-0.39, 0.29) is 31.1 Å². The molecule has 1 aromatic heterocycles. The number of aromatic nitrogens is 1. The summed E-state index contributed by atoms with van der Waals surface area (Å²) in [6.07, 6.45) is 1.62. The highest BCUT2D eigenvalue weighted by Crippen LogP contribution is 2.09. The Labute approximate surface area is 103 Å². The molecule has 0 fully saturated rings. The number of hydrogen-bond donors (Lipinski definition) is 2. The molecule has 0 saturated carbocycles. The van der Waals surface area contributed by atoms with E-state index < -0.39 is 0 Å². The number of nitrogens with zero attached hydrogens (tertiary/aromatic N) is 1. The minimum Gasteiger partial charge on any atom is -0.463 e. The monoisotopic (exact) mass is 257 g/mol. The van der Waals surface area contributed by atoms with E-state index >= 15 is 0 Å². The van der Waals surface area contributed by atoms with E-state index in [9.17, 15) is 9.59 Å². The van der Waals surface area contributed by atoms with Gasteiger partial charge in [-0.15, -0.1) is 11.3 Å². The number of rotatable bonds is 5. The van der Waals surface area contributed by atoms with Crippen molar-refractivity contribution in [2.24, 2.45) is 0 Å². The molecule has 0 aliphatic rings. The lowest BCUT2D eigenvalue weighted by molar-refractivity contribution is -0.147. The molecule has 0 spiro atoms. The highest BCUT2D eigenvalue weighted by Gasteiger charge is 2.07. The fourth-order valence-electron chi connectivity index (χ4n) is 1.03. The molecule has 1 aromatic rings. The van der Waals surface area contributed by atoms with Gasteiger partial charge in [0.25, 0.3) is 0 Å². The summed E-state index contributed by atoms with van der Waals surface area (Å²) in [6.45, 7) is 3.80. The van der Waals surface area contributed by atoms with E-state index in [0.717, 1.165) is 0 Å². The maximum absolute atomic E-state index is 11.3. The van der Waals surface area contributed by atoms with Crippen molar-refractivity contribution in [1.82, 2.24) is 10.3 Å². The number of carbonyl (C=O) groups is 2. The van der Waals surface area contributed by atoms with Gasteiger partial charge in [-0.3, -0.25) is 10.1 Å². The molecular weight excluding hydrogens is 242 g/mol. The number of thiazole rings is 1. The van der Waals surface area contributed by atoms with Crippen LogP contribution in [0.15, 0.2) is 11.6 Å². The first-order chi connectivity index (χ1) is 8.08. The molecule has 0 unspecified atom stereocenters. The molecule has 7 heteroatoms. The van der Waals surface area contributed by atoms with Crippen LogP contribution in [0.2, 0.25) is 0 Å². The first-order valence-corrected chi connectivity index (χ1v) is 6.09. The zero-order valence-corrected chi connectivity index (χ0v) is 10.5. The van der Waals surface area contributed by atoms with Crippen LogP contribution in [-0.2, 0) is 9.53 Å². The number of anilines is 1. The van der Waals surface area contributed by atoms with Gasteiger partial charge in [0, 0.05) is 18.1 Å². The number of nitrogens with one attached hydrogen (secondary N) is 2. The SMILES string of the molecule is CC(C)OC(=O)CCNC(=O)Nc1nccs1. The quantitative estimate of drug-likeness (QED) is 0.785. The van der Waals surface area contributed by atoms with Crippen LogP contribution in [0, 0.1) is 0 Å². The minimum atomic E-state index is -0.378. The van der Waals surface area contributed by atoms with Gasteiger partial charge in [0.1, 0.15) is 0 Å².